The molecule has 0 aromatic carbocycles. The van der Waals surface area contributed by atoms with Gasteiger partial charge in [0, 0.05) is 108 Å². The third kappa shape index (κ3) is 18.9. The minimum atomic E-state index is 0. The van der Waals surface area contributed by atoms with Crippen molar-refractivity contribution in [3.8, 4) is 0 Å². The molecule has 0 saturated carbocycles. The summed E-state index contributed by atoms with van der Waals surface area (Å²) in [6.07, 6.45) is 0. The van der Waals surface area contributed by atoms with Crippen molar-refractivity contribution in [3.05, 3.63) is 0 Å². The molecule has 0 unspecified atom stereocenters. The fourth-order valence-corrected chi connectivity index (χ4v) is 0. The molecule has 0 heterocycles. The summed E-state index contributed by atoms with van der Waals surface area (Å²) < 4.78 is 0. The normalized spacial score (nSPS) is 0. The van der Waals surface area contributed by atoms with Gasteiger partial charge in [0.15, 0.2) is 0 Å². The smallest absolute Gasteiger partial charge is 0 e. The summed E-state index contributed by atoms with van der Waals surface area (Å²) in [5, 5.41) is 0. The quantitative estimate of drug-likeness (QED) is 0.589. The monoisotopic (exact) mass is 367 g/mol. The topological polar surface area (TPSA) is 35.0 Å². The van der Waals surface area contributed by atoms with Crippen LogP contribution in [-0.2, 0) is 17.1 Å². The molecule has 4 radical (unpaired) electrons. The van der Waals surface area contributed by atoms with Crippen molar-refractivity contribution < 1.29 is 99.2 Å². The molecule has 3 N–H and O–H groups in total. The molecule has 0 atom stereocenters. The largest absolute Gasteiger partial charge is 0.344 e. The zero-order chi connectivity index (χ0) is 0. The van der Waals surface area contributed by atoms with E-state index in [9.17, 15) is 0 Å². The first-order valence-corrected chi connectivity index (χ1v) is 0. The van der Waals surface area contributed by atoms with Gasteiger partial charge in [-0.05, 0) is 0 Å². The molecule has 0 aliphatic rings. The average Bonchev–Trinajstić information content (AvgIpc) is 0. The third-order valence-electron chi connectivity index (χ3n) is 0. The van der Waals surface area contributed by atoms with Gasteiger partial charge in [-0.3, -0.25) is 0 Å². The average molecular weight is 369 g/mol. The SMILES string of the molecule is N.[B].[Fe].[Nd].[Pr]. The first-order valence-electron chi connectivity index (χ1n) is 0. The van der Waals surface area contributed by atoms with Gasteiger partial charge in [0.2, 0.25) is 0 Å². The number of hydrogen-bond acceptors (Lipinski definition) is 1. The van der Waals surface area contributed by atoms with E-state index in [4.69, 9.17) is 0 Å². The van der Waals surface area contributed by atoms with Crippen LogP contribution in [0.4, 0.5) is 0 Å². The van der Waals surface area contributed by atoms with Crippen LogP contribution in [0, 0.1) is 82.1 Å². The molecule has 0 aliphatic carbocycles. The van der Waals surface area contributed by atoms with Gasteiger partial charge in [0.25, 0.3) is 0 Å². The Balaban J connectivity index is 0. The van der Waals surface area contributed by atoms with E-state index in [1.807, 2.05) is 0 Å². The van der Waals surface area contributed by atoms with E-state index in [1.165, 1.54) is 0 Å². The second kappa shape index (κ2) is 26.8. The maximum Gasteiger partial charge on any atom is 0 e. The molecule has 5 heavy (non-hydrogen) atoms. The summed E-state index contributed by atoms with van der Waals surface area (Å²) in [6, 6.07) is 0. The Morgan fingerprint density at radius 3 is 1.00 bits per heavy atom. The van der Waals surface area contributed by atoms with Crippen molar-refractivity contribution in [2.75, 3.05) is 0 Å². The molecule has 26 valence electrons. The molecule has 0 fully saturated rings. The summed E-state index contributed by atoms with van der Waals surface area (Å²) in [5.41, 5.74) is 0. The summed E-state index contributed by atoms with van der Waals surface area (Å²) in [5.74, 6) is 0. The van der Waals surface area contributed by atoms with Crippen molar-refractivity contribution in [2.24, 2.45) is 0 Å². The van der Waals surface area contributed by atoms with Crippen molar-refractivity contribution in [2.45, 2.75) is 0 Å². The Bertz CT molecular complexity index is 11.6. The van der Waals surface area contributed by atoms with E-state index >= 15 is 0 Å². The van der Waals surface area contributed by atoms with Gasteiger partial charge in [0.1, 0.15) is 0 Å². The van der Waals surface area contributed by atoms with E-state index in [0.29, 0.717) is 0 Å². The van der Waals surface area contributed by atoms with Crippen LogP contribution in [0.3, 0.4) is 0 Å². The summed E-state index contributed by atoms with van der Waals surface area (Å²) in [4.78, 5) is 0. The van der Waals surface area contributed by atoms with Crippen molar-refractivity contribution in [1.82, 2.24) is 6.15 Å². The molecule has 5 heteroatoms. The van der Waals surface area contributed by atoms with Gasteiger partial charge in [-0.1, -0.05) is 0 Å². The fraction of sp³-hybridized carbons (Fsp3) is 0. The van der Waals surface area contributed by atoms with Gasteiger partial charge in [-0.2, -0.15) is 0 Å². The predicted octanol–water partition coefficient (Wildman–Crippen LogP) is -0.221. The summed E-state index contributed by atoms with van der Waals surface area (Å²) in [6.45, 7) is 0. The molecule has 0 aromatic heterocycles. The molecule has 1 nitrogen and oxygen atoms in total. The Morgan fingerprint density at radius 1 is 1.00 bits per heavy atom. The van der Waals surface area contributed by atoms with Crippen molar-refractivity contribution in [3.63, 3.8) is 0 Å². The van der Waals surface area contributed by atoms with Gasteiger partial charge in [-0.25, -0.2) is 0 Å². The van der Waals surface area contributed by atoms with E-state index < -0.39 is 0 Å². The maximum atomic E-state index is 0. The summed E-state index contributed by atoms with van der Waals surface area (Å²) >= 11 is 0. The summed E-state index contributed by atoms with van der Waals surface area (Å²) in [7, 11) is 0. The van der Waals surface area contributed by atoms with Crippen LogP contribution in [0.15, 0.2) is 0 Å². The molecule has 0 bridgehead atoms. The Morgan fingerprint density at radius 2 is 1.00 bits per heavy atom. The molecule has 0 aromatic rings. The molecule has 0 aliphatic heterocycles. The van der Waals surface area contributed by atoms with Crippen LogP contribution in [-0.4, -0.2) is 8.41 Å². The second-order valence-corrected chi connectivity index (χ2v) is 0. The third-order valence-corrected chi connectivity index (χ3v) is 0. The minimum Gasteiger partial charge on any atom is -0.344 e. The van der Waals surface area contributed by atoms with Crippen LogP contribution >= 0.6 is 0 Å². The first-order chi connectivity index (χ1) is 0. The van der Waals surface area contributed by atoms with E-state index in [0.717, 1.165) is 0 Å². The first kappa shape index (κ1) is 41.0. The zero-order valence-corrected chi connectivity index (χ0v) is 10.7. The molecule has 0 amide bonds. The van der Waals surface area contributed by atoms with E-state index in [2.05, 4.69) is 0 Å². The maximum absolute atomic E-state index is 0. The standard InChI is InChI=1S/B.Fe.H3N.Nd.Pr/h;;1H3;;. The van der Waals surface area contributed by atoms with E-state index in [-0.39, 0.29) is 114 Å². The van der Waals surface area contributed by atoms with Crippen molar-refractivity contribution in [1.29, 1.82) is 0 Å². The number of hydrogen-bond donors (Lipinski definition) is 1. The van der Waals surface area contributed by atoms with Crippen LogP contribution in [0.1, 0.15) is 0 Å². The molecular formula is H3BFeNNdPr. The van der Waals surface area contributed by atoms with Crippen LogP contribution < -0.4 is 6.15 Å². The van der Waals surface area contributed by atoms with Gasteiger partial charge in [-0.15, -0.1) is 0 Å². The fourth-order valence-electron chi connectivity index (χ4n) is 0. The predicted molar refractivity (Wildman–Crippen MR) is 10.8 cm³/mol. The van der Waals surface area contributed by atoms with Crippen LogP contribution in [0.2, 0.25) is 0 Å². The van der Waals surface area contributed by atoms with Crippen LogP contribution in [0.25, 0.3) is 0 Å². The Labute approximate surface area is 111 Å². The van der Waals surface area contributed by atoms with Crippen LogP contribution in [0.5, 0.6) is 0 Å². The Hall–Kier alpha value is 3.26. The van der Waals surface area contributed by atoms with Gasteiger partial charge < -0.3 is 6.15 Å². The molecule has 0 rings (SSSR count). The number of rotatable bonds is 0. The van der Waals surface area contributed by atoms with Gasteiger partial charge >= 0.3 is 0 Å². The molecular weight excluding hydrogens is 366 g/mol. The van der Waals surface area contributed by atoms with E-state index in [1.54, 1.807) is 0 Å². The van der Waals surface area contributed by atoms with Crippen molar-refractivity contribution >= 4 is 8.41 Å². The zero-order valence-electron chi connectivity index (χ0n) is 2.72. The molecule has 0 spiro atoms. The Kier molecular flexibility index (Phi) is 219. The minimum absolute atomic E-state index is 0. The second-order valence-electron chi connectivity index (χ2n) is 0. The van der Waals surface area contributed by atoms with Gasteiger partial charge in [0.05, 0.1) is 0 Å². The molecule has 0 saturated heterocycles.